The first-order valence-corrected chi connectivity index (χ1v) is 13.0. The van der Waals surface area contributed by atoms with Gasteiger partial charge < -0.3 is 19.7 Å². The first-order chi connectivity index (χ1) is 16.1. The standard InChI is InChI=1S/C23H28ClN3O6S/c1-4-11-25-23(29)16(2)26(13-17-5-7-18(24)8-6-17)22(28)14-27(34(3,30)31)19-9-10-20-21(12-19)33-15-32-20/h5-10,12,16H,4,11,13-15H2,1-3H3,(H,25,29)/t16-/m0/s1. The lowest BCUT2D eigenvalue weighted by Gasteiger charge is -2.31. The molecule has 0 saturated heterocycles. The number of rotatable bonds is 10. The average molecular weight is 510 g/mol. The fraction of sp³-hybridized carbons (Fsp3) is 0.391. The molecule has 34 heavy (non-hydrogen) atoms. The second kappa shape index (κ2) is 11.0. The van der Waals surface area contributed by atoms with Gasteiger partial charge in [0.1, 0.15) is 12.6 Å². The van der Waals surface area contributed by atoms with Gasteiger partial charge in [-0.3, -0.25) is 13.9 Å². The molecule has 0 aliphatic carbocycles. The maximum Gasteiger partial charge on any atom is 0.244 e. The van der Waals surface area contributed by atoms with Gasteiger partial charge in [-0.05, 0) is 43.2 Å². The average Bonchev–Trinajstić information content (AvgIpc) is 3.27. The fourth-order valence-electron chi connectivity index (χ4n) is 3.42. The van der Waals surface area contributed by atoms with Crippen molar-refractivity contribution in [1.82, 2.24) is 10.2 Å². The molecule has 9 nitrogen and oxygen atoms in total. The van der Waals surface area contributed by atoms with Crippen LogP contribution < -0.4 is 19.1 Å². The van der Waals surface area contributed by atoms with Gasteiger partial charge in [0.25, 0.3) is 0 Å². The summed E-state index contributed by atoms with van der Waals surface area (Å²) >= 11 is 5.97. The lowest BCUT2D eigenvalue weighted by Crippen LogP contribution is -2.51. The summed E-state index contributed by atoms with van der Waals surface area (Å²) in [5.41, 5.74) is 1.01. The number of carbonyl (C=O) groups excluding carboxylic acids is 2. The Labute approximate surface area is 204 Å². The van der Waals surface area contributed by atoms with Crippen molar-refractivity contribution in [3.05, 3.63) is 53.1 Å². The van der Waals surface area contributed by atoms with Crippen LogP contribution in [0, 0.1) is 0 Å². The van der Waals surface area contributed by atoms with Gasteiger partial charge in [-0.25, -0.2) is 8.42 Å². The van der Waals surface area contributed by atoms with Crippen molar-refractivity contribution in [1.29, 1.82) is 0 Å². The first kappa shape index (κ1) is 25.6. The highest BCUT2D eigenvalue weighted by molar-refractivity contribution is 7.92. The molecule has 11 heteroatoms. The third-order valence-electron chi connectivity index (χ3n) is 5.31. The molecule has 3 rings (SSSR count). The van der Waals surface area contributed by atoms with E-state index in [0.717, 1.165) is 22.5 Å². The van der Waals surface area contributed by atoms with Gasteiger partial charge in [0.2, 0.25) is 28.6 Å². The highest BCUT2D eigenvalue weighted by atomic mass is 35.5. The van der Waals surface area contributed by atoms with E-state index >= 15 is 0 Å². The lowest BCUT2D eigenvalue weighted by molar-refractivity contribution is -0.139. The molecular formula is C23H28ClN3O6S. The molecule has 0 fully saturated rings. The Morgan fingerprint density at radius 1 is 1.12 bits per heavy atom. The van der Waals surface area contributed by atoms with Crippen LogP contribution in [0.5, 0.6) is 11.5 Å². The molecule has 2 aromatic carbocycles. The molecular weight excluding hydrogens is 482 g/mol. The summed E-state index contributed by atoms with van der Waals surface area (Å²) in [6.45, 7) is 3.67. The Morgan fingerprint density at radius 3 is 2.44 bits per heavy atom. The molecule has 0 aromatic heterocycles. The molecule has 0 unspecified atom stereocenters. The second-order valence-corrected chi connectivity index (χ2v) is 10.3. The van der Waals surface area contributed by atoms with Crippen LogP contribution in [0.2, 0.25) is 5.02 Å². The Bertz CT molecular complexity index is 1140. The van der Waals surface area contributed by atoms with E-state index < -0.39 is 28.5 Å². The van der Waals surface area contributed by atoms with Crippen molar-refractivity contribution >= 4 is 39.1 Å². The fourth-order valence-corrected chi connectivity index (χ4v) is 4.39. The van der Waals surface area contributed by atoms with Gasteiger partial charge in [0.05, 0.1) is 11.9 Å². The topological polar surface area (TPSA) is 105 Å². The molecule has 0 spiro atoms. The summed E-state index contributed by atoms with van der Waals surface area (Å²) in [6.07, 6.45) is 1.77. The number of fused-ring (bicyclic) bond motifs is 1. The highest BCUT2D eigenvalue weighted by Crippen LogP contribution is 2.36. The van der Waals surface area contributed by atoms with Crippen LogP contribution in [0.1, 0.15) is 25.8 Å². The number of amides is 2. The van der Waals surface area contributed by atoms with Crippen molar-refractivity contribution in [3.8, 4) is 11.5 Å². The number of anilines is 1. The number of hydrogen-bond donors (Lipinski definition) is 1. The Balaban J connectivity index is 1.89. The molecule has 2 amide bonds. The van der Waals surface area contributed by atoms with Gasteiger partial charge in [-0.1, -0.05) is 30.7 Å². The van der Waals surface area contributed by atoms with Crippen LogP contribution in [0.15, 0.2) is 42.5 Å². The van der Waals surface area contributed by atoms with E-state index in [1.54, 1.807) is 43.3 Å². The Hall–Kier alpha value is -2.98. The predicted molar refractivity (Wildman–Crippen MR) is 130 cm³/mol. The van der Waals surface area contributed by atoms with Crippen molar-refractivity contribution in [2.45, 2.75) is 32.9 Å². The molecule has 1 N–H and O–H groups in total. The van der Waals surface area contributed by atoms with Crippen LogP contribution in [-0.4, -0.2) is 57.3 Å². The minimum Gasteiger partial charge on any atom is -0.454 e. The van der Waals surface area contributed by atoms with Gasteiger partial charge in [-0.2, -0.15) is 0 Å². The maximum absolute atomic E-state index is 13.5. The summed E-state index contributed by atoms with van der Waals surface area (Å²) < 4.78 is 36.9. The first-order valence-electron chi connectivity index (χ1n) is 10.8. The molecule has 184 valence electrons. The van der Waals surface area contributed by atoms with Gasteiger partial charge in [-0.15, -0.1) is 0 Å². The SMILES string of the molecule is CCCNC(=O)[C@H](C)N(Cc1ccc(Cl)cc1)C(=O)CN(c1ccc2c(c1)OCO2)S(C)(=O)=O. The summed E-state index contributed by atoms with van der Waals surface area (Å²) in [6, 6.07) is 10.7. The van der Waals surface area contributed by atoms with Crippen molar-refractivity contribution in [3.63, 3.8) is 0 Å². The van der Waals surface area contributed by atoms with E-state index in [-0.39, 0.29) is 24.9 Å². The van der Waals surface area contributed by atoms with Crippen molar-refractivity contribution in [2.75, 3.05) is 30.4 Å². The highest BCUT2D eigenvalue weighted by Gasteiger charge is 2.30. The molecule has 0 saturated carbocycles. The smallest absolute Gasteiger partial charge is 0.244 e. The van der Waals surface area contributed by atoms with Crippen LogP contribution in [0.3, 0.4) is 0 Å². The predicted octanol–water partition coefficient (Wildman–Crippen LogP) is 2.78. The van der Waals surface area contributed by atoms with Crippen molar-refractivity contribution in [2.24, 2.45) is 0 Å². The monoisotopic (exact) mass is 509 g/mol. The summed E-state index contributed by atoms with van der Waals surface area (Å²) in [4.78, 5) is 27.5. The zero-order valence-electron chi connectivity index (χ0n) is 19.3. The third-order valence-corrected chi connectivity index (χ3v) is 6.70. The number of nitrogens with zero attached hydrogens (tertiary/aromatic N) is 2. The number of ether oxygens (including phenoxy) is 2. The van der Waals surface area contributed by atoms with Gasteiger partial charge in [0.15, 0.2) is 11.5 Å². The molecule has 1 aliphatic heterocycles. The normalized spacial score (nSPS) is 13.3. The third kappa shape index (κ3) is 6.32. The van der Waals surface area contributed by atoms with Crippen LogP contribution in [-0.2, 0) is 26.2 Å². The van der Waals surface area contributed by atoms with Crippen LogP contribution in [0.25, 0.3) is 0 Å². The largest absolute Gasteiger partial charge is 0.454 e. The van der Waals surface area contributed by atoms with E-state index in [2.05, 4.69) is 5.32 Å². The van der Waals surface area contributed by atoms with E-state index in [4.69, 9.17) is 21.1 Å². The van der Waals surface area contributed by atoms with Gasteiger partial charge in [0, 0.05) is 24.2 Å². The summed E-state index contributed by atoms with van der Waals surface area (Å²) in [7, 11) is -3.83. The zero-order valence-corrected chi connectivity index (χ0v) is 20.9. The quantitative estimate of drug-likeness (QED) is 0.528. The molecule has 1 aliphatic rings. The number of sulfonamides is 1. The van der Waals surface area contributed by atoms with E-state index in [1.165, 1.54) is 11.0 Å². The Kier molecular flexibility index (Phi) is 8.27. The number of halogens is 1. The molecule has 0 bridgehead atoms. The number of benzene rings is 2. The lowest BCUT2D eigenvalue weighted by atomic mass is 10.1. The minimum absolute atomic E-state index is 0.0375. The molecule has 2 aromatic rings. The maximum atomic E-state index is 13.5. The minimum atomic E-state index is -3.83. The number of carbonyl (C=O) groups is 2. The van der Waals surface area contributed by atoms with Crippen molar-refractivity contribution < 1.29 is 27.5 Å². The Morgan fingerprint density at radius 2 is 1.79 bits per heavy atom. The second-order valence-electron chi connectivity index (χ2n) is 7.92. The molecule has 0 radical (unpaired) electrons. The summed E-state index contributed by atoms with van der Waals surface area (Å²) in [5.74, 6) is 0.0355. The van der Waals surface area contributed by atoms with Crippen LogP contribution in [0.4, 0.5) is 5.69 Å². The van der Waals surface area contributed by atoms with Crippen LogP contribution >= 0.6 is 11.6 Å². The van der Waals surface area contributed by atoms with Gasteiger partial charge >= 0.3 is 0 Å². The zero-order chi connectivity index (χ0) is 24.9. The van der Waals surface area contributed by atoms with E-state index in [0.29, 0.717) is 23.1 Å². The summed E-state index contributed by atoms with van der Waals surface area (Å²) in [5, 5.41) is 3.33. The number of hydrogen-bond acceptors (Lipinski definition) is 6. The molecule has 1 heterocycles. The van der Waals surface area contributed by atoms with E-state index in [1.807, 2.05) is 6.92 Å². The molecule has 1 atom stereocenters. The number of nitrogens with one attached hydrogen (secondary N) is 1. The van der Waals surface area contributed by atoms with E-state index in [9.17, 15) is 18.0 Å².